The number of ether oxygens (including phenoxy) is 2. The van der Waals surface area contributed by atoms with E-state index in [1.165, 1.54) is 30.6 Å². The Kier molecular flexibility index (Phi) is 6.09. The number of amides is 1. The maximum absolute atomic E-state index is 12.1. The summed E-state index contributed by atoms with van der Waals surface area (Å²) in [5.74, 6) is -1.85. The number of esters is 2. The van der Waals surface area contributed by atoms with Crippen LogP contribution in [0.15, 0.2) is 24.3 Å². The van der Waals surface area contributed by atoms with Gasteiger partial charge in [0.05, 0.1) is 29.9 Å². The zero-order chi connectivity index (χ0) is 19.3. The molecule has 0 saturated heterocycles. The lowest BCUT2D eigenvalue weighted by atomic mass is 10.1. The summed E-state index contributed by atoms with van der Waals surface area (Å²) in [7, 11) is 1.26. The largest absolute Gasteiger partial charge is 0.465 e. The minimum atomic E-state index is -0.719. The van der Waals surface area contributed by atoms with Crippen LogP contribution in [0.2, 0.25) is 0 Å². The first-order chi connectivity index (χ1) is 12.4. The molecule has 0 atom stereocenters. The molecule has 0 aliphatic carbocycles. The highest BCUT2D eigenvalue weighted by molar-refractivity contribution is 7.16. The molecule has 0 unspecified atom stereocenters. The van der Waals surface area contributed by atoms with Gasteiger partial charge in [-0.1, -0.05) is 6.07 Å². The minimum Gasteiger partial charge on any atom is -0.465 e. The van der Waals surface area contributed by atoms with Crippen molar-refractivity contribution in [2.45, 2.75) is 13.8 Å². The highest BCUT2D eigenvalue weighted by atomic mass is 32.1. The van der Waals surface area contributed by atoms with Crippen LogP contribution in [0, 0.1) is 25.2 Å². The number of methoxy groups -OCH3 is 1. The highest BCUT2D eigenvalue weighted by Gasteiger charge is 2.22. The molecule has 0 bridgehead atoms. The SMILES string of the molecule is COC(=O)c1c(NC(=O)COC(=O)c2cccc(C#N)c2)sc(C)c1C. The molecule has 0 saturated carbocycles. The number of carbonyl (C=O) groups is 3. The zero-order valence-corrected chi connectivity index (χ0v) is 15.2. The lowest BCUT2D eigenvalue weighted by Crippen LogP contribution is -2.21. The first kappa shape index (κ1) is 19.1. The summed E-state index contributed by atoms with van der Waals surface area (Å²) in [5, 5.41) is 11.8. The molecule has 0 aliphatic heterocycles. The van der Waals surface area contributed by atoms with Crippen molar-refractivity contribution in [3.63, 3.8) is 0 Å². The summed E-state index contributed by atoms with van der Waals surface area (Å²) < 4.78 is 9.69. The van der Waals surface area contributed by atoms with Crippen LogP contribution >= 0.6 is 11.3 Å². The van der Waals surface area contributed by atoms with E-state index in [9.17, 15) is 14.4 Å². The Morgan fingerprint density at radius 2 is 1.96 bits per heavy atom. The Balaban J connectivity index is 2.03. The summed E-state index contributed by atoms with van der Waals surface area (Å²) in [5.41, 5.74) is 1.50. The maximum Gasteiger partial charge on any atom is 0.341 e. The fraction of sp³-hybridized carbons (Fsp3) is 0.222. The summed E-state index contributed by atoms with van der Waals surface area (Å²) in [6.07, 6.45) is 0. The molecule has 26 heavy (non-hydrogen) atoms. The van der Waals surface area contributed by atoms with Gasteiger partial charge in [0.1, 0.15) is 5.00 Å². The number of carbonyl (C=O) groups excluding carboxylic acids is 3. The van der Waals surface area contributed by atoms with Crippen molar-refractivity contribution < 1.29 is 23.9 Å². The molecule has 1 aromatic carbocycles. The molecule has 0 radical (unpaired) electrons. The molecule has 0 spiro atoms. The van der Waals surface area contributed by atoms with Gasteiger partial charge in [-0.2, -0.15) is 5.26 Å². The van der Waals surface area contributed by atoms with Crippen molar-refractivity contribution in [3.05, 3.63) is 51.4 Å². The Labute approximate surface area is 154 Å². The van der Waals surface area contributed by atoms with Crippen LogP contribution in [-0.2, 0) is 14.3 Å². The van der Waals surface area contributed by atoms with Gasteiger partial charge < -0.3 is 14.8 Å². The maximum atomic E-state index is 12.1. The van der Waals surface area contributed by atoms with Gasteiger partial charge in [-0.15, -0.1) is 11.3 Å². The molecular weight excluding hydrogens is 356 g/mol. The number of hydrogen-bond donors (Lipinski definition) is 1. The lowest BCUT2D eigenvalue weighted by Gasteiger charge is -2.07. The van der Waals surface area contributed by atoms with E-state index in [1.54, 1.807) is 19.1 Å². The van der Waals surface area contributed by atoms with Gasteiger partial charge in [0.2, 0.25) is 0 Å². The highest BCUT2D eigenvalue weighted by Crippen LogP contribution is 2.32. The Bertz CT molecular complexity index is 911. The van der Waals surface area contributed by atoms with E-state index < -0.39 is 24.5 Å². The lowest BCUT2D eigenvalue weighted by molar-refractivity contribution is -0.119. The normalized spacial score (nSPS) is 9.92. The molecule has 7 nitrogen and oxygen atoms in total. The van der Waals surface area contributed by atoms with Crippen LogP contribution in [0.4, 0.5) is 5.00 Å². The predicted octanol–water partition coefficient (Wildman–Crippen LogP) is 2.82. The number of anilines is 1. The third kappa shape index (κ3) is 4.26. The van der Waals surface area contributed by atoms with Crippen LogP contribution in [0.5, 0.6) is 0 Å². The monoisotopic (exact) mass is 372 g/mol. The number of nitrogens with zero attached hydrogens (tertiary/aromatic N) is 1. The fourth-order valence-electron chi connectivity index (χ4n) is 2.16. The van der Waals surface area contributed by atoms with Crippen LogP contribution in [-0.4, -0.2) is 31.6 Å². The smallest absolute Gasteiger partial charge is 0.341 e. The van der Waals surface area contributed by atoms with E-state index >= 15 is 0 Å². The van der Waals surface area contributed by atoms with Crippen molar-refractivity contribution >= 4 is 34.2 Å². The molecule has 2 aromatic rings. The minimum absolute atomic E-state index is 0.176. The van der Waals surface area contributed by atoms with Crippen molar-refractivity contribution in [2.75, 3.05) is 19.0 Å². The molecule has 1 amide bonds. The first-order valence-electron chi connectivity index (χ1n) is 7.52. The third-order valence-electron chi connectivity index (χ3n) is 3.59. The van der Waals surface area contributed by atoms with Gasteiger partial charge in [-0.3, -0.25) is 4.79 Å². The number of thiophene rings is 1. The van der Waals surface area contributed by atoms with Crippen LogP contribution in [0.25, 0.3) is 0 Å². The number of benzene rings is 1. The van der Waals surface area contributed by atoms with Gasteiger partial charge in [0.25, 0.3) is 5.91 Å². The fourth-order valence-corrected chi connectivity index (χ4v) is 3.22. The van der Waals surface area contributed by atoms with Gasteiger partial charge >= 0.3 is 11.9 Å². The predicted molar refractivity (Wildman–Crippen MR) is 95.2 cm³/mol. The van der Waals surface area contributed by atoms with Gasteiger partial charge in [0, 0.05) is 4.88 Å². The quantitative estimate of drug-likeness (QED) is 0.809. The van der Waals surface area contributed by atoms with E-state index in [-0.39, 0.29) is 11.1 Å². The van der Waals surface area contributed by atoms with E-state index in [1.807, 2.05) is 13.0 Å². The van der Waals surface area contributed by atoms with Crippen molar-refractivity contribution in [1.29, 1.82) is 5.26 Å². The Morgan fingerprint density at radius 1 is 1.23 bits per heavy atom. The number of nitrogens with one attached hydrogen (secondary N) is 1. The number of rotatable bonds is 5. The molecule has 134 valence electrons. The van der Waals surface area contributed by atoms with Gasteiger partial charge in [0.15, 0.2) is 6.61 Å². The summed E-state index contributed by atoms with van der Waals surface area (Å²) in [6.45, 7) is 3.06. The summed E-state index contributed by atoms with van der Waals surface area (Å²) in [4.78, 5) is 36.8. The zero-order valence-electron chi connectivity index (χ0n) is 14.4. The van der Waals surface area contributed by atoms with E-state index in [0.717, 1.165) is 10.4 Å². The Morgan fingerprint density at radius 3 is 2.62 bits per heavy atom. The molecule has 0 fully saturated rings. The average Bonchev–Trinajstić information content (AvgIpc) is 2.92. The average molecular weight is 372 g/mol. The molecular formula is C18H16N2O5S. The molecule has 2 rings (SSSR count). The van der Waals surface area contributed by atoms with Crippen LogP contribution in [0.3, 0.4) is 0 Å². The molecule has 0 aliphatic rings. The van der Waals surface area contributed by atoms with Crippen LogP contribution in [0.1, 0.15) is 36.7 Å². The number of hydrogen-bond acceptors (Lipinski definition) is 7. The molecule has 1 heterocycles. The Hall–Kier alpha value is -3.18. The second-order valence-electron chi connectivity index (χ2n) is 5.30. The second-order valence-corrected chi connectivity index (χ2v) is 6.52. The van der Waals surface area contributed by atoms with Crippen molar-refractivity contribution in [1.82, 2.24) is 0 Å². The molecule has 1 N–H and O–H groups in total. The number of aryl methyl sites for hydroxylation is 1. The number of nitriles is 1. The standard InChI is InChI=1S/C18H16N2O5S/c1-10-11(2)26-16(15(10)18(23)24-3)20-14(21)9-25-17(22)13-6-4-5-12(7-13)8-19/h4-7H,9H2,1-3H3,(H,20,21). The first-order valence-corrected chi connectivity index (χ1v) is 8.34. The van der Waals surface area contributed by atoms with Crippen molar-refractivity contribution in [2.24, 2.45) is 0 Å². The van der Waals surface area contributed by atoms with Crippen LogP contribution < -0.4 is 5.32 Å². The van der Waals surface area contributed by atoms with E-state index in [0.29, 0.717) is 10.6 Å². The summed E-state index contributed by atoms with van der Waals surface area (Å²) in [6, 6.07) is 7.89. The van der Waals surface area contributed by atoms with Crippen molar-refractivity contribution in [3.8, 4) is 6.07 Å². The molecule has 1 aromatic heterocycles. The topological polar surface area (TPSA) is 105 Å². The molecule has 8 heteroatoms. The van der Waals surface area contributed by atoms with E-state index in [4.69, 9.17) is 14.7 Å². The van der Waals surface area contributed by atoms with E-state index in [2.05, 4.69) is 5.32 Å². The summed E-state index contributed by atoms with van der Waals surface area (Å²) >= 11 is 1.24. The van der Waals surface area contributed by atoms with Gasteiger partial charge in [-0.25, -0.2) is 9.59 Å². The van der Waals surface area contributed by atoms with Gasteiger partial charge in [-0.05, 0) is 37.6 Å². The third-order valence-corrected chi connectivity index (χ3v) is 4.71. The second kappa shape index (κ2) is 8.27.